The van der Waals surface area contributed by atoms with E-state index in [4.69, 9.17) is 10.7 Å². The molecule has 0 unspecified atom stereocenters. The molecule has 182 valence electrons. The predicted molar refractivity (Wildman–Crippen MR) is 160 cm³/mol. The highest BCUT2D eigenvalue weighted by molar-refractivity contribution is 6.14. The summed E-state index contributed by atoms with van der Waals surface area (Å²) in [5.74, 6) is 0.882. The van der Waals surface area contributed by atoms with E-state index >= 15 is 0 Å². The second-order valence-corrected chi connectivity index (χ2v) is 9.53. The molecule has 0 bridgehead atoms. The van der Waals surface area contributed by atoms with Gasteiger partial charge in [-0.05, 0) is 83.9 Å². The van der Waals surface area contributed by atoms with Crippen molar-refractivity contribution in [2.75, 3.05) is 0 Å². The first-order valence-electron chi connectivity index (χ1n) is 12.8. The zero-order valence-corrected chi connectivity index (χ0v) is 21.0. The van der Waals surface area contributed by atoms with Crippen molar-refractivity contribution in [3.63, 3.8) is 0 Å². The van der Waals surface area contributed by atoms with Gasteiger partial charge in [0, 0.05) is 46.0 Å². The second-order valence-electron chi connectivity index (χ2n) is 9.53. The molecule has 0 saturated carbocycles. The van der Waals surface area contributed by atoms with E-state index in [1.54, 1.807) is 6.20 Å². The first-order valence-corrected chi connectivity index (χ1v) is 12.8. The number of fused-ring (bicyclic) bond motifs is 5. The van der Waals surface area contributed by atoms with Gasteiger partial charge in [-0.25, -0.2) is 4.98 Å². The Morgan fingerprint density at radius 3 is 2.32 bits per heavy atom. The van der Waals surface area contributed by atoms with Crippen LogP contribution in [0.25, 0.3) is 60.6 Å². The highest BCUT2D eigenvalue weighted by Gasteiger charge is 2.15. The van der Waals surface area contributed by atoms with Crippen LogP contribution in [0.1, 0.15) is 12.5 Å². The number of rotatable bonds is 4. The van der Waals surface area contributed by atoms with Gasteiger partial charge in [-0.15, -0.1) is 0 Å². The summed E-state index contributed by atoms with van der Waals surface area (Å²) < 4.78 is 4.51. The molecule has 0 atom stereocenters. The molecule has 0 saturated heterocycles. The molecule has 0 aliphatic heterocycles. The molecule has 0 amide bonds. The molecule has 0 aliphatic rings. The van der Waals surface area contributed by atoms with Crippen molar-refractivity contribution in [2.24, 2.45) is 5.73 Å². The van der Waals surface area contributed by atoms with Gasteiger partial charge in [-0.2, -0.15) is 0 Å². The van der Waals surface area contributed by atoms with E-state index in [2.05, 4.69) is 112 Å². The number of hydrogen-bond donors (Lipinski definition) is 1. The van der Waals surface area contributed by atoms with E-state index in [0.717, 1.165) is 33.7 Å². The monoisotopic (exact) mass is 490 g/mol. The number of nitrogens with zero attached hydrogens (tertiary/aromatic N) is 3. The molecular weight excluding hydrogens is 464 g/mol. The molecule has 3 aromatic heterocycles. The normalized spacial score (nSPS) is 12.5. The summed E-state index contributed by atoms with van der Waals surface area (Å²) in [6, 6.07) is 34.6. The molecule has 7 aromatic rings. The number of aromatic nitrogens is 3. The fourth-order valence-electron chi connectivity index (χ4n) is 5.52. The Labute approximate surface area is 220 Å². The maximum Gasteiger partial charge on any atom is 0.137 e. The molecule has 0 aliphatic carbocycles. The standard InChI is InChI=1S/C34H26N4/c1-2-8-24(21-35)25-13-14-34(36-22-25)38-31-12-7-6-11-29(31)30-18-27-19-32-23(17-26(27)20-33(30)38)15-16-37(32)28-9-4-3-5-10-28/h2-22H,35H2,1H3/b8-2-,24-21+. The Hall–Kier alpha value is -5.09. The second kappa shape index (κ2) is 8.79. The Bertz CT molecular complexity index is 2020. The van der Waals surface area contributed by atoms with Gasteiger partial charge in [0.15, 0.2) is 0 Å². The molecule has 4 aromatic carbocycles. The number of benzene rings is 4. The van der Waals surface area contributed by atoms with Crippen LogP contribution in [0.5, 0.6) is 0 Å². The maximum atomic E-state index is 5.85. The molecular formula is C34H26N4. The van der Waals surface area contributed by atoms with Gasteiger partial charge in [0.2, 0.25) is 0 Å². The Morgan fingerprint density at radius 1 is 0.737 bits per heavy atom. The quantitative estimate of drug-likeness (QED) is 0.253. The SMILES string of the molecule is C/C=C\C(=C/N)c1ccc(-n2c3ccccc3c3cc4cc5c(ccn5-c5ccccc5)cc4cc32)nc1. The first-order chi connectivity index (χ1) is 18.7. The molecule has 0 fully saturated rings. The van der Waals surface area contributed by atoms with E-state index in [1.807, 2.05) is 25.3 Å². The number of pyridine rings is 1. The lowest BCUT2D eigenvalue weighted by Gasteiger charge is -2.10. The summed E-state index contributed by atoms with van der Waals surface area (Å²) in [6.07, 6.45) is 9.64. The van der Waals surface area contributed by atoms with Crippen LogP contribution in [0, 0.1) is 0 Å². The van der Waals surface area contributed by atoms with Crippen molar-refractivity contribution in [3.05, 3.63) is 133 Å². The maximum absolute atomic E-state index is 5.85. The van der Waals surface area contributed by atoms with Crippen molar-refractivity contribution in [1.82, 2.24) is 14.1 Å². The summed E-state index contributed by atoms with van der Waals surface area (Å²) in [5, 5.41) is 6.07. The lowest BCUT2D eigenvalue weighted by molar-refractivity contribution is 1.08. The van der Waals surface area contributed by atoms with Crippen molar-refractivity contribution >= 4 is 49.1 Å². The predicted octanol–water partition coefficient (Wildman–Crippen LogP) is 8.15. The van der Waals surface area contributed by atoms with E-state index in [9.17, 15) is 0 Å². The van der Waals surface area contributed by atoms with Gasteiger partial charge in [0.05, 0.1) is 16.6 Å². The van der Waals surface area contributed by atoms with Crippen LogP contribution < -0.4 is 5.73 Å². The van der Waals surface area contributed by atoms with Gasteiger partial charge < -0.3 is 10.3 Å². The Kier molecular flexibility index (Phi) is 5.12. The minimum Gasteiger partial charge on any atom is -0.404 e. The lowest BCUT2D eigenvalue weighted by Crippen LogP contribution is -1.98. The zero-order valence-electron chi connectivity index (χ0n) is 21.0. The Morgan fingerprint density at radius 2 is 1.53 bits per heavy atom. The molecule has 0 spiro atoms. The topological polar surface area (TPSA) is 48.8 Å². The van der Waals surface area contributed by atoms with E-state index in [-0.39, 0.29) is 0 Å². The highest BCUT2D eigenvalue weighted by Crippen LogP contribution is 2.36. The molecule has 2 N–H and O–H groups in total. The van der Waals surface area contributed by atoms with Crippen LogP contribution in [0.2, 0.25) is 0 Å². The lowest BCUT2D eigenvalue weighted by atomic mass is 10.0. The number of allylic oxidation sites excluding steroid dienone is 3. The third-order valence-electron chi connectivity index (χ3n) is 7.31. The van der Waals surface area contributed by atoms with Gasteiger partial charge in [0.25, 0.3) is 0 Å². The molecule has 4 heteroatoms. The van der Waals surface area contributed by atoms with Gasteiger partial charge in [-0.1, -0.05) is 48.6 Å². The zero-order chi connectivity index (χ0) is 25.6. The van der Waals surface area contributed by atoms with Crippen molar-refractivity contribution in [2.45, 2.75) is 6.92 Å². The van der Waals surface area contributed by atoms with Crippen LogP contribution in [-0.4, -0.2) is 14.1 Å². The van der Waals surface area contributed by atoms with Gasteiger partial charge in [-0.3, -0.25) is 4.57 Å². The minimum absolute atomic E-state index is 0.882. The minimum atomic E-state index is 0.882. The largest absolute Gasteiger partial charge is 0.404 e. The molecule has 4 nitrogen and oxygen atoms in total. The highest BCUT2D eigenvalue weighted by atomic mass is 15.1. The van der Waals surface area contributed by atoms with Gasteiger partial charge >= 0.3 is 0 Å². The van der Waals surface area contributed by atoms with E-state index < -0.39 is 0 Å². The van der Waals surface area contributed by atoms with Crippen molar-refractivity contribution in [1.29, 1.82) is 0 Å². The average Bonchev–Trinajstić information content (AvgIpc) is 3.52. The summed E-state index contributed by atoms with van der Waals surface area (Å²) in [4.78, 5) is 4.87. The molecule has 38 heavy (non-hydrogen) atoms. The third-order valence-corrected chi connectivity index (χ3v) is 7.31. The van der Waals surface area contributed by atoms with Crippen molar-refractivity contribution < 1.29 is 0 Å². The number of para-hydroxylation sites is 2. The number of nitrogens with two attached hydrogens (primary N) is 1. The summed E-state index contributed by atoms with van der Waals surface area (Å²) in [6.45, 7) is 1.98. The summed E-state index contributed by atoms with van der Waals surface area (Å²) in [7, 11) is 0. The average molecular weight is 491 g/mol. The van der Waals surface area contributed by atoms with Crippen LogP contribution >= 0.6 is 0 Å². The van der Waals surface area contributed by atoms with Crippen LogP contribution in [0.4, 0.5) is 0 Å². The molecule has 0 radical (unpaired) electrons. The molecule has 3 heterocycles. The third kappa shape index (κ3) is 3.42. The smallest absolute Gasteiger partial charge is 0.137 e. The van der Waals surface area contributed by atoms with Crippen LogP contribution in [0.3, 0.4) is 0 Å². The fourth-order valence-corrected chi connectivity index (χ4v) is 5.52. The number of hydrogen-bond acceptors (Lipinski definition) is 2. The van der Waals surface area contributed by atoms with Crippen LogP contribution in [0.15, 0.2) is 128 Å². The fraction of sp³-hybridized carbons (Fsp3) is 0.0294. The van der Waals surface area contributed by atoms with E-state index in [1.165, 1.54) is 32.4 Å². The van der Waals surface area contributed by atoms with E-state index in [0.29, 0.717) is 0 Å². The summed E-state index contributed by atoms with van der Waals surface area (Å²) in [5.41, 5.74) is 12.4. The first kappa shape index (κ1) is 22.1. The van der Waals surface area contributed by atoms with Crippen LogP contribution in [-0.2, 0) is 0 Å². The summed E-state index contributed by atoms with van der Waals surface area (Å²) >= 11 is 0. The molecule has 7 rings (SSSR count). The van der Waals surface area contributed by atoms with Gasteiger partial charge in [0.1, 0.15) is 5.82 Å². The Balaban J connectivity index is 1.46. The van der Waals surface area contributed by atoms with Crippen molar-refractivity contribution in [3.8, 4) is 11.5 Å².